The SMILES string of the molecule is CCCc1nn(C)c(N)c1-c1ccc(OCC)cc1. The Bertz CT molecular complexity index is 543. The molecule has 4 heteroatoms. The van der Waals surface area contributed by atoms with Crippen LogP contribution in [0.5, 0.6) is 5.75 Å². The van der Waals surface area contributed by atoms with Gasteiger partial charge < -0.3 is 10.5 Å². The van der Waals surface area contributed by atoms with Gasteiger partial charge in [-0.15, -0.1) is 0 Å². The maximum Gasteiger partial charge on any atom is 0.129 e. The second kappa shape index (κ2) is 5.78. The van der Waals surface area contributed by atoms with Crippen LogP contribution >= 0.6 is 0 Å². The number of rotatable bonds is 5. The molecule has 0 fully saturated rings. The highest BCUT2D eigenvalue weighted by molar-refractivity contribution is 5.77. The summed E-state index contributed by atoms with van der Waals surface area (Å²) in [6.45, 7) is 4.80. The molecule has 0 bridgehead atoms. The molecule has 0 unspecified atom stereocenters. The maximum absolute atomic E-state index is 6.13. The fraction of sp³-hybridized carbons (Fsp3) is 0.400. The van der Waals surface area contributed by atoms with Crippen LogP contribution in [0, 0.1) is 0 Å². The number of nitrogens with two attached hydrogens (primary N) is 1. The van der Waals surface area contributed by atoms with Crippen LogP contribution in [0.3, 0.4) is 0 Å². The fourth-order valence-corrected chi connectivity index (χ4v) is 2.21. The van der Waals surface area contributed by atoms with Crippen molar-refractivity contribution in [3.8, 4) is 16.9 Å². The molecule has 0 radical (unpaired) electrons. The molecule has 2 N–H and O–H groups in total. The Morgan fingerprint density at radius 2 is 1.89 bits per heavy atom. The van der Waals surface area contributed by atoms with Crippen molar-refractivity contribution < 1.29 is 4.74 Å². The minimum atomic E-state index is 0.676. The number of benzene rings is 1. The Balaban J connectivity index is 2.39. The van der Waals surface area contributed by atoms with E-state index in [9.17, 15) is 0 Å². The second-order valence-corrected chi connectivity index (χ2v) is 4.54. The maximum atomic E-state index is 6.13. The van der Waals surface area contributed by atoms with Crippen molar-refractivity contribution in [2.45, 2.75) is 26.7 Å². The summed E-state index contributed by atoms with van der Waals surface area (Å²) in [5, 5.41) is 4.50. The van der Waals surface area contributed by atoms with E-state index in [1.165, 1.54) is 0 Å². The van der Waals surface area contributed by atoms with Crippen LogP contribution in [0.2, 0.25) is 0 Å². The molecule has 1 aromatic carbocycles. The first-order chi connectivity index (χ1) is 9.17. The van der Waals surface area contributed by atoms with Gasteiger partial charge in [-0.3, -0.25) is 4.68 Å². The van der Waals surface area contributed by atoms with E-state index in [-0.39, 0.29) is 0 Å². The van der Waals surface area contributed by atoms with Gasteiger partial charge in [0.2, 0.25) is 0 Å². The van der Waals surface area contributed by atoms with Gasteiger partial charge >= 0.3 is 0 Å². The standard InChI is InChI=1S/C15H21N3O/c1-4-6-13-14(15(16)18(3)17-13)11-7-9-12(10-8-11)19-5-2/h7-10H,4-6,16H2,1-3H3. The van der Waals surface area contributed by atoms with Gasteiger partial charge in [-0.2, -0.15) is 5.10 Å². The van der Waals surface area contributed by atoms with E-state index < -0.39 is 0 Å². The van der Waals surface area contributed by atoms with E-state index in [2.05, 4.69) is 12.0 Å². The molecule has 0 aliphatic heterocycles. The highest BCUT2D eigenvalue weighted by atomic mass is 16.5. The number of nitrogen functional groups attached to an aromatic ring is 1. The molecular formula is C15H21N3O. The van der Waals surface area contributed by atoms with Crippen molar-refractivity contribution in [3.63, 3.8) is 0 Å². The lowest BCUT2D eigenvalue weighted by molar-refractivity contribution is 0.340. The number of aromatic nitrogens is 2. The molecule has 1 aromatic heterocycles. The van der Waals surface area contributed by atoms with Gasteiger partial charge in [-0.05, 0) is 31.0 Å². The van der Waals surface area contributed by atoms with E-state index in [1.807, 2.05) is 38.2 Å². The Morgan fingerprint density at radius 3 is 2.47 bits per heavy atom. The van der Waals surface area contributed by atoms with Crippen LogP contribution in [-0.2, 0) is 13.5 Å². The van der Waals surface area contributed by atoms with E-state index in [0.717, 1.165) is 35.4 Å². The zero-order valence-electron chi connectivity index (χ0n) is 11.8. The van der Waals surface area contributed by atoms with Gasteiger partial charge in [0.25, 0.3) is 0 Å². The lowest BCUT2D eigenvalue weighted by atomic mass is 10.0. The van der Waals surface area contributed by atoms with Crippen molar-refractivity contribution >= 4 is 5.82 Å². The summed E-state index contributed by atoms with van der Waals surface area (Å²) in [6, 6.07) is 8.02. The van der Waals surface area contributed by atoms with Crippen LogP contribution in [-0.4, -0.2) is 16.4 Å². The summed E-state index contributed by atoms with van der Waals surface area (Å²) in [5.74, 6) is 1.60. The molecule has 0 amide bonds. The molecule has 0 aliphatic rings. The van der Waals surface area contributed by atoms with Gasteiger partial charge in [-0.25, -0.2) is 0 Å². The normalized spacial score (nSPS) is 10.7. The lowest BCUT2D eigenvalue weighted by Gasteiger charge is -2.06. The number of hydrogen-bond donors (Lipinski definition) is 1. The van der Waals surface area contributed by atoms with Crippen molar-refractivity contribution in [2.75, 3.05) is 12.3 Å². The minimum absolute atomic E-state index is 0.676. The molecule has 0 saturated heterocycles. The van der Waals surface area contributed by atoms with Crippen LogP contribution in [0.1, 0.15) is 26.0 Å². The summed E-state index contributed by atoms with van der Waals surface area (Å²) < 4.78 is 7.20. The van der Waals surface area contributed by atoms with Gasteiger partial charge in [-0.1, -0.05) is 25.5 Å². The molecule has 0 spiro atoms. The third-order valence-corrected chi connectivity index (χ3v) is 3.10. The predicted molar refractivity (Wildman–Crippen MR) is 78.2 cm³/mol. The summed E-state index contributed by atoms with van der Waals surface area (Å²) >= 11 is 0. The van der Waals surface area contributed by atoms with Crippen molar-refractivity contribution in [2.24, 2.45) is 7.05 Å². The molecule has 0 atom stereocenters. The van der Waals surface area contributed by atoms with Crippen molar-refractivity contribution in [1.82, 2.24) is 9.78 Å². The topological polar surface area (TPSA) is 53.1 Å². The van der Waals surface area contributed by atoms with Crippen LogP contribution in [0.25, 0.3) is 11.1 Å². The van der Waals surface area contributed by atoms with E-state index in [1.54, 1.807) is 4.68 Å². The lowest BCUT2D eigenvalue weighted by Crippen LogP contribution is -1.98. The number of anilines is 1. The number of aryl methyl sites for hydroxylation is 2. The average Bonchev–Trinajstić information content (AvgIpc) is 2.67. The van der Waals surface area contributed by atoms with Gasteiger partial charge in [0, 0.05) is 12.6 Å². The summed E-state index contributed by atoms with van der Waals surface area (Å²) in [4.78, 5) is 0. The summed E-state index contributed by atoms with van der Waals surface area (Å²) in [7, 11) is 1.88. The molecule has 2 rings (SSSR count). The Hall–Kier alpha value is -1.97. The molecule has 19 heavy (non-hydrogen) atoms. The Morgan fingerprint density at radius 1 is 1.21 bits per heavy atom. The predicted octanol–water partition coefficient (Wildman–Crippen LogP) is 3.02. The monoisotopic (exact) mass is 259 g/mol. The smallest absolute Gasteiger partial charge is 0.129 e. The zero-order chi connectivity index (χ0) is 13.8. The summed E-state index contributed by atoms with van der Waals surface area (Å²) in [5.41, 5.74) is 9.34. The molecule has 0 aliphatic carbocycles. The average molecular weight is 259 g/mol. The zero-order valence-corrected chi connectivity index (χ0v) is 11.8. The third-order valence-electron chi connectivity index (χ3n) is 3.10. The molecule has 0 saturated carbocycles. The highest BCUT2D eigenvalue weighted by Crippen LogP contribution is 2.31. The second-order valence-electron chi connectivity index (χ2n) is 4.54. The van der Waals surface area contributed by atoms with Gasteiger partial charge in [0.1, 0.15) is 11.6 Å². The highest BCUT2D eigenvalue weighted by Gasteiger charge is 2.14. The number of ether oxygens (including phenoxy) is 1. The van der Waals surface area contributed by atoms with Crippen LogP contribution < -0.4 is 10.5 Å². The van der Waals surface area contributed by atoms with Crippen molar-refractivity contribution in [1.29, 1.82) is 0 Å². The van der Waals surface area contributed by atoms with Gasteiger partial charge in [0.05, 0.1) is 12.3 Å². The van der Waals surface area contributed by atoms with Crippen LogP contribution in [0.15, 0.2) is 24.3 Å². The number of nitrogens with zero attached hydrogens (tertiary/aromatic N) is 2. The van der Waals surface area contributed by atoms with E-state index in [0.29, 0.717) is 12.4 Å². The Kier molecular flexibility index (Phi) is 4.10. The molecule has 1 heterocycles. The summed E-state index contributed by atoms with van der Waals surface area (Å²) in [6.07, 6.45) is 1.99. The van der Waals surface area contributed by atoms with Crippen molar-refractivity contribution in [3.05, 3.63) is 30.0 Å². The fourth-order valence-electron chi connectivity index (χ4n) is 2.21. The molecular weight excluding hydrogens is 238 g/mol. The molecule has 4 nitrogen and oxygen atoms in total. The minimum Gasteiger partial charge on any atom is -0.494 e. The first kappa shape index (κ1) is 13.5. The van der Waals surface area contributed by atoms with E-state index in [4.69, 9.17) is 10.5 Å². The third kappa shape index (κ3) is 2.72. The first-order valence-corrected chi connectivity index (χ1v) is 6.72. The van der Waals surface area contributed by atoms with Gasteiger partial charge in [0.15, 0.2) is 0 Å². The molecule has 102 valence electrons. The van der Waals surface area contributed by atoms with Crippen LogP contribution in [0.4, 0.5) is 5.82 Å². The number of hydrogen-bond acceptors (Lipinski definition) is 3. The first-order valence-electron chi connectivity index (χ1n) is 6.72. The molecule has 2 aromatic rings. The quantitative estimate of drug-likeness (QED) is 0.898. The van der Waals surface area contributed by atoms with E-state index >= 15 is 0 Å². The largest absolute Gasteiger partial charge is 0.494 e. The Labute approximate surface area is 114 Å².